The molecule has 9 nitrogen and oxygen atoms in total. The number of nitrogens with one attached hydrogen (secondary N) is 1. The van der Waals surface area contributed by atoms with Crippen LogP contribution < -0.4 is 14.8 Å². The first-order valence-electron chi connectivity index (χ1n) is 10.0. The maximum atomic E-state index is 12.7. The maximum Gasteiger partial charge on any atom is 0.276 e. The fourth-order valence-electron chi connectivity index (χ4n) is 3.02. The zero-order valence-corrected chi connectivity index (χ0v) is 17.7. The summed E-state index contributed by atoms with van der Waals surface area (Å²) in [6.07, 6.45) is 1.61. The number of hydrogen-bond donors (Lipinski definition) is 1. The molecule has 0 fully saturated rings. The standard InChI is InChI=1S/C24H20N4O5/c1-17-7-5-6-10-23(17)33-21-14-18(13-19(15-21)28(30)31)25-24(29)22-11-12-27(26-22)16-32-20-8-3-2-4-9-20/h2-15H,16H2,1H3,(H,25,29). The fraction of sp³-hybridized carbons (Fsp3) is 0.0833. The largest absolute Gasteiger partial charge is 0.471 e. The third-order valence-corrected chi connectivity index (χ3v) is 4.66. The molecule has 0 unspecified atom stereocenters. The first kappa shape index (κ1) is 21.6. The normalized spacial score (nSPS) is 10.5. The summed E-state index contributed by atoms with van der Waals surface area (Å²) in [6.45, 7) is 2.00. The van der Waals surface area contributed by atoms with Crippen LogP contribution in [0.5, 0.6) is 17.2 Å². The average Bonchev–Trinajstić information content (AvgIpc) is 3.29. The van der Waals surface area contributed by atoms with Crippen molar-refractivity contribution in [3.8, 4) is 17.2 Å². The van der Waals surface area contributed by atoms with Crippen molar-refractivity contribution < 1.29 is 19.2 Å². The number of nitro benzene ring substituents is 1. The summed E-state index contributed by atoms with van der Waals surface area (Å²) in [5.74, 6) is 0.954. The Morgan fingerprint density at radius 2 is 1.79 bits per heavy atom. The molecule has 0 aliphatic rings. The Balaban J connectivity index is 1.48. The minimum absolute atomic E-state index is 0.127. The van der Waals surface area contributed by atoms with Gasteiger partial charge in [-0.2, -0.15) is 5.10 Å². The summed E-state index contributed by atoms with van der Waals surface area (Å²) in [4.78, 5) is 23.5. The fourth-order valence-corrected chi connectivity index (χ4v) is 3.02. The molecule has 0 aliphatic heterocycles. The topological polar surface area (TPSA) is 109 Å². The van der Waals surface area contributed by atoms with Crippen molar-refractivity contribution in [1.82, 2.24) is 9.78 Å². The van der Waals surface area contributed by atoms with Gasteiger partial charge in [0, 0.05) is 18.3 Å². The van der Waals surface area contributed by atoms with Gasteiger partial charge in [0.1, 0.15) is 17.2 Å². The molecule has 1 N–H and O–H groups in total. The first-order valence-corrected chi connectivity index (χ1v) is 10.0. The van der Waals surface area contributed by atoms with E-state index < -0.39 is 10.8 Å². The molecular formula is C24H20N4O5. The Morgan fingerprint density at radius 3 is 2.55 bits per heavy atom. The molecule has 4 rings (SSSR count). The predicted octanol–water partition coefficient (Wildman–Crippen LogP) is 5.18. The molecule has 0 saturated heterocycles. The lowest BCUT2D eigenvalue weighted by molar-refractivity contribution is -0.384. The zero-order chi connectivity index (χ0) is 23.2. The molecule has 9 heteroatoms. The van der Waals surface area contributed by atoms with E-state index in [1.807, 2.05) is 49.4 Å². The third kappa shape index (κ3) is 5.53. The summed E-state index contributed by atoms with van der Waals surface area (Å²) in [7, 11) is 0. The minimum atomic E-state index is -0.546. The van der Waals surface area contributed by atoms with Crippen LogP contribution in [0.4, 0.5) is 11.4 Å². The number of anilines is 1. The maximum absolute atomic E-state index is 12.7. The second kappa shape index (κ2) is 9.65. The van der Waals surface area contributed by atoms with Crippen molar-refractivity contribution in [2.75, 3.05) is 5.32 Å². The van der Waals surface area contributed by atoms with E-state index in [0.29, 0.717) is 11.5 Å². The van der Waals surface area contributed by atoms with Crippen molar-refractivity contribution in [3.05, 3.63) is 106 Å². The molecule has 1 heterocycles. The van der Waals surface area contributed by atoms with E-state index in [4.69, 9.17) is 9.47 Å². The molecule has 0 saturated carbocycles. The van der Waals surface area contributed by atoms with Crippen LogP contribution in [0, 0.1) is 17.0 Å². The smallest absolute Gasteiger partial charge is 0.276 e. The molecule has 0 radical (unpaired) electrons. The van der Waals surface area contributed by atoms with Crippen LogP contribution in [0.3, 0.4) is 0 Å². The SMILES string of the molecule is Cc1ccccc1Oc1cc(NC(=O)c2ccn(COc3ccccc3)n2)cc([N+](=O)[O-])c1. The van der Waals surface area contributed by atoms with E-state index >= 15 is 0 Å². The highest BCUT2D eigenvalue weighted by Gasteiger charge is 2.16. The number of carbonyl (C=O) groups excluding carboxylic acids is 1. The van der Waals surface area contributed by atoms with Crippen LogP contribution >= 0.6 is 0 Å². The van der Waals surface area contributed by atoms with Crippen molar-refractivity contribution in [1.29, 1.82) is 0 Å². The van der Waals surface area contributed by atoms with E-state index in [1.54, 1.807) is 18.3 Å². The molecule has 0 aliphatic carbocycles. The Bertz CT molecular complexity index is 1290. The number of aryl methyl sites for hydroxylation is 1. The second-order valence-corrected chi connectivity index (χ2v) is 7.12. The number of benzene rings is 3. The highest BCUT2D eigenvalue weighted by Crippen LogP contribution is 2.31. The number of ether oxygens (including phenoxy) is 2. The monoisotopic (exact) mass is 444 g/mol. The lowest BCUT2D eigenvalue weighted by atomic mass is 10.2. The number of amides is 1. The summed E-state index contributed by atoms with van der Waals surface area (Å²) in [6, 6.07) is 22.1. The quantitative estimate of drug-likeness (QED) is 0.296. The Hall–Kier alpha value is -4.66. The van der Waals surface area contributed by atoms with Crippen molar-refractivity contribution >= 4 is 17.3 Å². The van der Waals surface area contributed by atoms with Gasteiger partial charge in [0.05, 0.1) is 16.7 Å². The van der Waals surface area contributed by atoms with E-state index in [2.05, 4.69) is 10.4 Å². The van der Waals surface area contributed by atoms with Crippen LogP contribution in [-0.2, 0) is 6.73 Å². The highest BCUT2D eigenvalue weighted by atomic mass is 16.6. The van der Waals surface area contributed by atoms with Crippen LogP contribution in [0.25, 0.3) is 0 Å². The van der Waals surface area contributed by atoms with Crippen LogP contribution in [0.2, 0.25) is 0 Å². The zero-order valence-electron chi connectivity index (χ0n) is 17.7. The number of para-hydroxylation sites is 2. The van der Waals surface area contributed by atoms with Crippen LogP contribution in [0.1, 0.15) is 16.1 Å². The van der Waals surface area contributed by atoms with Gasteiger partial charge in [-0.3, -0.25) is 14.9 Å². The van der Waals surface area contributed by atoms with Crippen molar-refractivity contribution in [2.24, 2.45) is 0 Å². The van der Waals surface area contributed by atoms with Gasteiger partial charge in [0.25, 0.3) is 11.6 Å². The molecule has 4 aromatic rings. The van der Waals surface area contributed by atoms with E-state index in [9.17, 15) is 14.9 Å². The minimum Gasteiger partial charge on any atom is -0.471 e. The highest BCUT2D eigenvalue weighted by molar-refractivity contribution is 6.03. The van der Waals surface area contributed by atoms with E-state index in [0.717, 1.165) is 5.56 Å². The lowest BCUT2D eigenvalue weighted by Crippen LogP contribution is -2.14. The lowest BCUT2D eigenvalue weighted by Gasteiger charge is -2.10. The molecular weight excluding hydrogens is 424 g/mol. The van der Waals surface area contributed by atoms with Crippen molar-refractivity contribution in [2.45, 2.75) is 13.7 Å². The van der Waals surface area contributed by atoms with Gasteiger partial charge >= 0.3 is 0 Å². The number of nitro groups is 1. The number of aromatic nitrogens is 2. The van der Waals surface area contributed by atoms with Gasteiger partial charge in [0.2, 0.25) is 0 Å². The molecule has 0 spiro atoms. The third-order valence-electron chi connectivity index (χ3n) is 4.66. The van der Waals surface area contributed by atoms with Gasteiger partial charge in [-0.25, -0.2) is 4.68 Å². The van der Waals surface area contributed by atoms with E-state index in [-0.39, 0.29) is 29.5 Å². The van der Waals surface area contributed by atoms with Gasteiger partial charge < -0.3 is 14.8 Å². The number of nitrogens with zero attached hydrogens (tertiary/aromatic N) is 3. The Morgan fingerprint density at radius 1 is 1.03 bits per heavy atom. The number of non-ortho nitro benzene ring substituents is 1. The van der Waals surface area contributed by atoms with E-state index in [1.165, 1.54) is 28.9 Å². The van der Waals surface area contributed by atoms with Crippen LogP contribution in [0.15, 0.2) is 85.1 Å². The average molecular weight is 444 g/mol. The number of hydrogen-bond acceptors (Lipinski definition) is 6. The summed E-state index contributed by atoms with van der Waals surface area (Å²) in [5, 5.41) is 18.2. The van der Waals surface area contributed by atoms with Crippen molar-refractivity contribution in [3.63, 3.8) is 0 Å². The molecule has 1 amide bonds. The number of rotatable bonds is 8. The number of carbonyl (C=O) groups is 1. The molecule has 0 atom stereocenters. The predicted molar refractivity (Wildman–Crippen MR) is 122 cm³/mol. The molecule has 3 aromatic carbocycles. The Kier molecular flexibility index (Phi) is 6.31. The van der Waals surface area contributed by atoms with Gasteiger partial charge in [-0.15, -0.1) is 0 Å². The second-order valence-electron chi connectivity index (χ2n) is 7.12. The van der Waals surface area contributed by atoms with Gasteiger partial charge in [-0.1, -0.05) is 36.4 Å². The molecule has 0 bridgehead atoms. The molecule has 33 heavy (non-hydrogen) atoms. The molecule has 1 aromatic heterocycles. The molecule has 166 valence electrons. The summed E-state index contributed by atoms with van der Waals surface area (Å²) < 4.78 is 12.9. The Labute approximate surface area is 189 Å². The summed E-state index contributed by atoms with van der Waals surface area (Å²) >= 11 is 0. The van der Waals surface area contributed by atoms with Gasteiger partial charge in [0.15, 0.2) is 12.4 Å². The first-order chi connectivity index (χ1) is 16.0. The summed E-state index contributed by atoms with van der Waals surface area (Å²) in [5.41, 5.74) is 1.02. The van der Waals surface area contributed by atoms with Crippen LogP contribution in [-0.4, -0.2) is 20.6 Å². The van der Waals surface area contributed by atoms with Gasteiger partial charge in [-0.05, 0) is 36.8 Å².